The van der Waals surface area contributed by atoms with E-state index >= 15 is 0 Å². The quantitative estimate of drug-likeness (QED) is 0.772. The van der Waals surface area contributed by atoms with E-state index in [1.54, 1.807) is 0 Å². The highest BCUT2D eigenvalue weighted by molar-refractivity contribution is 7.98. The van der Waals surface area contributed by atoms with Crippen molar-refractivity contribution in [1.82, 2.24) is 10.6 Å². The molecular weight excluding hydrogens is 296 g/mol. The molecule has 0 aromatic heterocycles. The highest BCUT2D eigenvalue weighted by Gasteiger charge is 2.31. The number of carbonyl (C=O) groups excluding carboxylic acids is 1. The van der Waals surface area contributed by atoms with Gasteiger partial charge in [0.05, 0.1) is 0 Å². The summed E-state index contributed by atoms with van der Waals surface area (Å²) in [7, 11) is 0. The minimum atomic E-state index is -0.316. The number of ether oxygens (including phenoxy) is 1. The van der Waals surface area contributed by atoms with Crippen LogP contribution < -0.4 is 10.6 Å². The van der Waals surface area contributed by atoms with Crippen LogP contribution in [0.3, 0.4) is 0 Å². The van der Waals surface area contributed by atoms with Gasteiger partial charge >= 0.3 is 6.09 Å². The third kappa shape index (κ3) is 5.54. The molecule has 1 aromatic carbocycles. The monoisotopic (exact) mass is 322 g/mol. The van der Waals surface area contributed by atoms with E-state index in [0.717, 1.165) is 30.6 Å². The first-order valence-corrected chi connectivity index (χ1v) is 9.32. The number of rotatable bonds is 8. The lowest BCUT2D eigenvalue weighted by Crippen LogP contribution is -2.55. The van der Waals surface area contributed by atoms with Crippen LogP contribution in [-0.4, -0.2) is 36.2 Å². The fraction of sp³-hybridized carbons (Fsp3) is 0.588. The van der Waals surface area contributed by atoms with Crippen molar-refractivity contribution in [3.63, 3.8) is 0 Å². The third-order valence-corrected chi connectivity index (χ3v) is 4.74. The molecule has 122 valence electrons. The Balaban J connectivity index is 1.60. The Bertz CT molecular complexity index is 449. The number of benzene rings is 1. The minimum Gasteiger partial charge on any atom is -0.445 e. The summed E-state index contributed by atoms with van der Waals surface area (Å²) >= 11 is 1.87. The number of hydrogen-bond acceptors (Lipinski definition) is 4. The largest absolute Gasteiger partial charge is 0.445 e. The molecule has 2 N–H and O–H groups in total. The van der Waals surface area contributed by atoms with Crippen molar-refractivity contribution >= 4 is 17.9 Å². The molecule has 1 fully saturated rings. The summed E-state index contributed by atoms with van der Waals surface area (Å²) in [5.74, 6) is 1.14. The SMILES string of the molecule is CCC(CSC)NC1CC(NC(=O)OCc2ccccc2)C1. The fourth-order valence-corrected chi connectivity index (χ4v) is 3.36. The van der Waals surface area contributed by atoms with Crippen LogP contribution in [0.5, 0.6) is 0 Å². The molecule has 0 radical (unpaired) electrons. The summed E-state index contributed by atoms with van der Waals surface area (Å²) in [6.45, 7) is 2.54. The Kier molecular flexibility index (Phi) is 7.06. The summed E-state index contributed by atoms with van der Waals surface area (Å²) in [5.41, 5.74) is 1.01. The van der Waals surface area contributed by atoms with Crippen molar-refractivity contribution in [2.75, 3.05) is 12.0 Å². The van der Waals surface area contributed by atoms with Crippen LogP contribution >= 0.6 is 11.8 Å². The predicted molar refractivity (Wildman–Crippen MR) is 92.2 cm³/mol. The fourth-order valence-electron chi connectivity index (χ4n) is 2.62. The molecule has 0 aliphatic heterocycles. The average Bonchev–Trinajstić information content (AvgIpc) is 2.51. The lowest BCUT2D eigenvalue weighted by molar-refractivity contribution is 0.124. The predicted octanol–water partition coefficient (Wildman–Crippen LogP) is 3.18. The molecule has 5 heteroatoms. The van der Waals surface area contributed by atoms with Gasteiger partial charge in [-0.05, 0) is 31.1 Å². The van der Waals surface area contributed by atoms with Crippen LogP contribution in [-0.2, 0) is 11.3 Å². The van der Waals surface area contributed by atoms with E-state index in [9.17, 15) is 4.79 Å². The molecule has 1 aliphatic carbocycles. The van der Waals surface area contributed by atoms with Crippen LogP contribution in [0.2, 0.25) is 0 Å². The summed E-state index contributed by atoms with van der Waals surface area (Å²) in [4.78, 5) is 11.8. The molecule has 1 amide bonds. The Hall–Kier alpha value is -1.20. The Morgan fingerprint density at radius 2 is 2.05 bits per heavy atom. The molecule has 0 saturated heterocycles. The van der Waals surface area contributed by atoms with Gasteiger partial charge in [-0.15, -0.1) is 0 Å². The maximum atomic E-state index is 11.8. The van der Waals surface area contributed by atoms with Crippen LogP contribution in [0.4, 0.5) is 4.79 Å². The van der Waals surface area contributed by atoms with Crippen molar-refractivity contribution in [1.29, 1.82) is 0 Å². The van der Waals surface area contributed by atoms with Gasteiger partial charge in [0.1, 0.15) is 6.61 Å². The van der Waals surface area contributed by atoms with E-state index in [1.165, 1.54) is 0 Å². The van der Waals surface area contributed by atoms with E-state index in [2.05, 4.69) is 23.8 Å². The maximum absolute atomic E-state index is 11.8. The van der Waals surface area contributed by atoms with Crippen LogP contribution in [0, 0.1) is 0 Å². The van der Waals surface area contributed by atoms with Gasteiger partial charge < -0.3 is 15.4 Å². The maximum Gasteiger partial charge on any atom is 0.407 e. The molecule has 1 saturated carbocycles. The second-order valence-electron chi connectivity index (χ2n) is 5.80. The minimum absolute atomic E-state index is 0.243. The summed E-state index contributed by atoms with van der Waals surface area (Å²) in [6.07, 6.45) is 4.95. The first kappa shape index (κ1) is 17.2. The highest BCUT2D eigenvalue weighted by Crippen LogP contribution is 2.21. The molecule has 0 heterocycles. The van der Waals surface area contributed by atoms with Gasteiger partial charge in [-0.1, -0.05) is 37.3 Å². The summed E-state index contributed by atoms with van der Waals surface area (Å²) in [6, 6.07) is 11.1. The van der Waals surface area contributed by atoms with Crippen LogP contribution in [0.1, 0.15) is 31.7 Å². The normalized spacial score (nSPS) is 21.7. The van der Waals surface area contributed by atoms with E-state index in [4.69, 9.17) is 4.74 Å². The van der Waals surface area contributed by atoms with Gasteiger partial charge in [0.25, 0.3) is 0 Å². The van der Waals surface area contributed by atoms with Gasteiger partial charge in [-0.3, -0.25) is 0 Å². The molecular formula is C17H26N2O2S. The average molecular weight is 322 g/mol. The molecule has 4 nitrogen and oxygen atoms in total. The highest BCUT2D eigenvalue weighted by atomic mass is 32.2. The second kappa shape index (κ2) is 9.06. The number of alkyl carbamates (subject to hydrolysis) is 1. The zero-order valence-electron chi connectivity index (χ0n) is 13.4. The third-order valence-electron chi connectivity index (χ3n) is 4.00. The van der Waals surface area contributed by atoms with Crippen molar-refractivity contribution in [3.8, 4) is 0 Å². The van der Waals surface area contributed by atoms with Gasteiger partial charge in [0, 0.05) is 23.9 Å². The van der Waals surface area contributed by atoms with Crippen LogP contribution in [0.15, 0.2) is 30.3 Å². The number of hydrogen-bond donors (Lipinski definition) is 2. The van der Waals surface area contributed by atoms with E-state index < -0.39 is 0 Å². The summed E-state index contributed by atoms with van der Waals surface area (Å²) < 4.78 is 5.24. The van der Waals surface area contributed by atoms with Gasteiger partial charge in [-0.25, -0.2) is 4.79 Å². The number of carbonyl (C=O) groups is 1. The van der Waals surface area contributed by atoms with E-state index in [1.807, 2.05) is 42.1 Å². The van der Waals surface area contributed by atoms with Crippen LogP contribution in [0.25, 0.3) is 0 Å². The first-order chi connectivity index (χ1) is 10.7. The lowest BCUT2D eigenvalue weighted by atomic mass is 9.86. The molecule has 1 aliphatic rings. The number of thioether (sulfide) groups is 1. The van der Waals surface area contributed by atoms with Crippen molar-refractivity contribution in [2.45, 2.75) is 50.9 Å². The zero-order chi connectivity index (χ0) is 15.8. The molecule has 2 rings (SSSR count). The molecule has 22 heavy (non-hydrogen) atoms. The molecule has 1 aromatic rings. The van der Waals surface area contributed by atoms with Gasteiger partial charge in [-0.2, -0.15) is 11.8 Å². The number of amides is 1. The van der Waals surface area contributed by atoms with Crippen molar-refractivity contribution < 1.29 is 9.53 Å². The lowest BCUT2D eigenvalue weighted by Gasteiger charge is -2.38. The smallest absolute Gasteiger partial charge is 0.407 e. The van der Waals surface area contributed by atoms with Gasteiger partial charge in [0.2, 0.25) is 0 Å². The molecule has 0 spiro atoms. The Morgan fingerprint density at radius 3 is 2.68 bits per heavy atom. The molecule has 1 atom stereocenters. The summed E-state index contributed by atoms with van der Waals surface area (Å²) in [5, 5.41) is 6.59. The zero-order valence-corrected chi connectivity index (χ0v) is 14.2. The Morgan fingerprint density at radius 1 is 1.32 bits per heavy atom. The topological polar surface area (TPSA) is 50.4 Å². The van der Waals surface area contributed by atoms with Crippen molar-refractivity contribution in [3.05, 3.63) is 35.9 Å². The van der Waals surface area contributed by atoms with E-state index in [0.29, 0.717) is 18.7 Å². The van der Waals surface area contributed by atoms with Gasteiger partial charge in [0.15, 0.2) is 0 Å². The second-order valence-corrected chi connectivity index (χ2v) is 6.71. The molecule has 1 unspecified atom stereocenters. The Labute approximate surface area is 137 Å². The standard InChI is InChI=1S/C17H26N2O2S/c1-3-14(12-22-2)18-15-9-16(10-15)19-17(20)21-11-13-7-5-4-6-8-13/h4-8,14-16,18H,3,9-12H2,1-2H3,(H,19,20). The van der Waals surface area contributed by atoms with Crippen molar-refractivity contribution in [2.24, 2.45) is 0 Å². The molecule has 0 bridgehead atoms. The van der Waals surface area contributed by atoms with E-state index in [-0.39, 0.29) is 12.1 Å². The number of nitrogens with one attached hydrogen (secondary N) is 2. The first-order valence-electron chi connectivity index (χ1n) is 7.93.